The van der Waals surface area contributed by atoms with Crippen LogP contribution < -0.4 is 0 Å². The Bertz CT molecular complexity index is 281. The van der Waals surface area contributed by atoms with E-state index in [1.165, 1.54) is 12.1 Å². The Morgan fingerprint density at radius 3 is 2.73 bits per heavy atom. The largest absolute Gasteiger partial charge is 0.212 e. The fraction of sp³-hybridized carbons (Fsp3) is 0. The van der Waals surface area contributed by atoms with Crippen LogP contribution in [0.3, 0.4) is 0 Å². The second-order valence-corrected chi connectivity index (χ2v) is 2.40. The van der Waals surface area contributed by atoms with Gasteiger partial charge in [-0.2, -0.15) is 0 Å². The predicted octanol–water partition coefficient (Wildman–Crippen LogP) is 3.58. The molecule has 0 aromatic heterocycles. The van der Waals surface area contributed by atoms with Crippen LogP contribution in [0.4, 0.5) is 8.78 Å². The molecule has 0 radical (unpaired) electrons. The van der Waals surface area contributed by atoms with Crippen molar-refractivity contribution < 1.29 is 8.78 Å². The summed E-state index contributed by atoms with van der Waals surface area (Å²) >= 11 is 5.53. The Balaban J connectivity index is 3.06. The van der Waals surface area contributed by atoms with E-state index in [1.807, 2.05) is 0 Å². The minimum absolute atomic E-state index is 0.0916. The van der Waals surface area contributed by atoms with Crippen LogP contribution in [0.2, 0.25) is 5.02 Å². The Labute approximate surface area is 68.1 Å². The van der Waals surface area contributed by atoms with Crippen LogP contribution in [-0.4, -0.2) is 0 Å². The van der Waals surface area contributed by atoms with Gasteiger partial charge in [-0.1, -0.05) is 23.7 Å². The molecule has 0 unspecified atom stereocenters. The number of rotatable bonds is 1. The minimum atomic E-state index is -0.910. The lowest BCUT2D eigenvalue weighted by Crippen LogP contribution is -1.75. The molecule has 0 heterocycles. The average Bonchev–Trinajstić information content (AvgIpc) is 2.03. The number of halogens is 3. The molecule has 3 heteroatoms. The van der Waals surface area contributed by atoms with Crippen LogP contribution in [-0.2, 0) is 0 Å². The molecule has 0 amide bonds. The summed E-state index contributed by atoms with van der Waals surface area (Å²) in [6, 6.07) is 5.95. The summed E-state index contributed by atoms with van der Waals surface area (Å²) in [5.41, 5.74) is 0.153. The molecule has 0 saturated heterocycles. The van der Waals surface area contributed by atoms with Crippen molar-refractivity contribution in [1.29, 1.82) is 0 Å². The monoisotopic (exact) mass is 174 g/mol. The highest BCUT2D eigenvalue weighted by molar-refractivity contribution is 6.30. The van der Waals surface area contributed by atoms with E-state index in [0.717, 1.165) is 0 Å². The van der Waals surface area contributed by atoms with Gasteiger partial charge in [-0.3, -0.25) is 0 Å². The first-order valence-electron chi connectivity index (χ1n) is 2.96. The van der Waals surface area contributed by atoms with Gasteiger partial charge in [0.25, 0.3) is 0 Å². The molecule has 0 aliphatic rings. The third-order valence-corrected chi connectivity index (χ3v) is 1.43. The van der Waals surface area contributed by atoms with Gasteiger partial charge in [-0.15, -0.1) is 0 Å². The van der Waals surface area contributed by atoms with Crippen LogP contribution >= 0.6 is 11.6 Å². The zero-order valence-corrected chi connectivity index (χ0v) is 6.28. The molecule has 0 spiro atoms. The minimum Gasteiger partial charge on any atom is -0.212 e. The first-order chi connectivity index (χ1) is 5.24. The molecule has 0 atom stereocenters. The van der Waals surface area contributed by atoms with Gasteiger partial charge < -0.3 is 0 Å². The zero-order chi connectivity index (χ0) is 8.27. The van der Waals surface area contributed by atoms with Crippen molar-refractivity contribution in [1.82, 2.24) is 0 Å². The van der Waals surface area contributed by atoms with Crippen LogP contribution in [0.25, 0.3) is 5.83 Å². The van der Waals surface area contributed by atoms with E-state index in [0.29, 0.717) is 5.02 Å². The molecular formula is C8H5ClF2. The molecule has 58 valence electrons. The summed E-state index contributed by atoms with van der Waals surface area (Å²) in [4.78, 5) is 0. The van der Waals surface area contributed by atoms with Crippen molar-refractivity contribution >= 4 is 17.4 Å². The van der Waals surface area contributed by atoms with Crippen LogP contribution in [0.1, 0.15) is 5.56 Å². The lowest BCUT2D eigenvalue weighted by Gasteiger charge is -1.94. The molecule has 0 nitrogen and oxygen atoms in total. The van der Waals surface area contributed by atoms with Crippen molar-refractivity contribution in [3.8, 4) is 0 Å². The highest BCUT2D eigenvalue weighted by Gasteiger charge is 1.99. The number of hydrogen-bond acceptors (Lipinski definition) is 0. The maximum Gasteiger partial charge on any atom is 0.158 e. The van der Waals surface area contributed by atoms with Crippen molar-refractivity contribution in [2.75, 3.05) is 0 Å². The van der Waals surface area contributed by atoms with Crippen molar-refractivity contribution in [2.45, 2.75) is 0 Å². The summed E-state index contributed by atoms with van der Waals surface area (Å²) in [6.45, 7) is 0. The predicted molar refractivity (Wildman–Crippen MR) is 41.6 cm³/mol. The fourth-order valence-corrected chi connectivity index (χ4v) is 0.890. The van der Waals surface area contributed by atoms with Crippen molar-refractivity contribution in [3.63, 3.8) is 0 Å². The molecule has 0 aliphatic carbocycles. The van der Waals surface area contributed by atoms with E-state index in [1.54, 1.807) is 12.1 Å². The summed E-state index contributed by atoms with van der Waals surface area (Å²) in [5.74, 6) is -0.910. The van der Waals surface area contributed by atoms with E-state index in [2.05, 4.69) is 0 Å². The molecule has 0 aliphatic heterocycles. The molecule has 1 rings (SSSR count). The standard InChI is InChI=1S/C8H5ClF2/c9-7-3-1-2-6(4-7)8(11)5-10/h1-5H/b8-5-. The van der Waals surface area contributed by atoms with Gasteiger partial charge in [0.15, 0.2) is 5.83 Å². The lowest BCUT2D eigenvalue weighted by atomic mass is 10.2. The second-order valence-electron chi connectivity index (χ2n) is 1.97. The van der Waals surface area contributed by atoms with Crippen LogP contribution in [0, 0.1) is 0 Å². The highest BCUT2D eigenvalue weighted by Crippen LogP contribution is 2.19. The average molecular weight is 175 g/mol. The molecule has 1 aromatic rings. The summed E-state index contributed by atoms with van der Waals surface area (Å²) in [6.07, 6.45) is -0.0916. The quantitative estimate of drug-likeness (QED) is 0.611. The summed E-state index contributed by atoms with van der Waals surface area (Å²) in [5, 5.41) is 0.388. The first-order valence-corrected chi connectivity index (χ1v) is 3.33. The molecular weight excluding hydrogens is 170 g/mol. The second kappa shape index (κ2) is 3.49. The van der Waals surface area contributed by atoms with E-state index < -0.39 is 5.83 Å². The smallest absolute Gasteiger partial charge is 0.158 e. The normalized spacial score (nSPS) is 11.7. The topological polar surface area (TPSA) is 0 Å². The Morgan fingerprint density at radius 1 is 1.45 bits per heavy atom. The third-order valence-electron chi connectivity index (χ3n) is 1.20. The molecule has 0 fully saturated rings. The zero-order valence-electron chi connectivity index (χ0n) is 5.52. The molecule has 1 aromatic carbocycles. The van der Waals surface area contributed by atoms with Gasteiger partial charge in [-0.05, 0) is 12.1 Å². The Morgan fingerprint density at radius 2 is 2.18 bits per heavy atom. The van der Waals surface area contributed by atoms with E-state index in [4.69, 9.17) is 11.6 Å². The molecule has 11 heavy (non-hydrogen) atoms. The van der Waals surface area contributed by atoms with Gasteiger partial charge in [0, 0.05) is 10.6 Å². The fourth-order valence-electron chi connectivity index (χ4n) is 0.700. The molecule has 0 N–H and O–H groups in total. The van der Waals surface area contributed by atoms with Gasteiger partial charge in [-0.25, -0.2) is 8.78 Å². The number of benzene rings is 1. The lowest BCUT2D eigenvalue weighted by molar-refractivity contribution is 0.671. The van der Waals surface area contributed by atoms with E-state index in [-0.39, 0.29) is 11.9 Å². The summed E-state index contributed by atoms with van der Waals surface area (Å²) in [7, 11) is 0. The van der Waals surface area contributed by atoms with Crippen molar-refractivity contribution in [2.24, 2.45) is 0 Å². The Kier molecular flexibility index (Phi) is 2.60. The van der Waals surface area contributed by atoms with Gasteiger partial charge >= 0.3 is 0 Å². The van der Waals surface area contributed by atoms with Gasteiger partial charge in [0.2, 0.25) is 0 Å². The van der Waals surface area contributed by atoms with Gasteiger partial charge in [0.05, 0.1) is 0 Å². The number of hydrogen-bond donors (Lipinski definition) is 0. The van der Waals surface area contributed by atoms with Crippen molar-refractivity contribution in [3.05, 3.63) is 41.2 Å². The molecule has 0 bridgehead atoms. The van der Waals surface area contributed by atoms with Gasteiger partial charge in [0.1, 0.15) is 6.33 Å². The SMILES string of the molecule is F/C=C(\F)c1cccc(Cl)c1. The third kappa shape index (κ3) is 2.02. The maximum atomic E-state index is 12.5. The maximum absolute atomic E-state index is 12.5. The van der Waals surface area contributed by atoms with E-state index >= 15 is 0 Å². The van der Waals surface area contributed by atoms with Crippen LogP contribution in [0.15, 0.2) is 30.6 Å². The van der Waals surface area contributed by atoms with Crippen LogP contribution in [0.5, 0.6) is 0 Å². The Hall–Kier alpha value is -0.890. The molecule has 0 saturated carbocycles. The first kappa shape index (κ1) is 8.21. The highest BCUT2D eigenvalue weighted by atomic mass is 35.5. The summed E-state index contributed by atoms with van der Waals surface area (Å²) < 4.78 is 24.1. The van der Waals surface area contributed by atoms with E-state index in [9.17, 15) is 8.78 Å².